The van der Waals surface area contributed by atoms with Crippen molar-refractivity contribution in [1.82, 2.24) is 0 Å². The van der Waals surface area contributed by atoms with Gasteiger partial charge in [0, 0.05) is 0 Å². The van der Waals surface area contributed by atoms with E-state index in [9.17, 15) is 4.79 Å². The molecule has 19 heavy (non-hydrogen) atoms. The number of ether oxygens (including phenoxy) is 3. The summed E-state index contributed by atoms with van der Waals surface area (Å²) in [5.74, 6) is -0.475. The van der Waals surface area contributed by atoms with Crippen molar-refractivity contribution in [3.05, 3.63) is 31.2 Å². The average Bonchev–Trinajstić information content (AvgIpc) is 2.76. The predicted octanol–water partition coefficient (Wildman–Crippen LogP) is 1.79. The van der Waals surface area contributed by atoms with E-state index >= 15 is 0 Å². The third kappa shape index (κ3) is 9.65. The van der Waals surface area contributed by atoms with Crippen LogP contribution in [0.2, 0.25) is 0 Å². The fraction of sp³-hybridized carbons (Fsp3) is 0.500. The van der Waals surface area contributed by atoms with Gasteiger partial charge in [-0.1, -0.05) is 0 Å². The first kappa shape index (κ1) is 18.1. The van der Waals surface area contributed by atoms with E-state index in [0.29, 0.717) is 13.2 Å². The van der Waals surface area contributed by atoms with Crippen LogP contribution < -0.4 is 0 Å². The van der Waals surface area contributed by atoms with E-state index in [0.717, 1.165) is 5.57 Å². The van der Waals surface area contributed by atoms with Crippen molar-refractivity contribution in [2.75, 3.05) is 13.2 Å². The van der Waals surface area contributed by atoms with E-state index in [1.54, 1.807) is 26.8 Å². The maximum atomic E-state index is 10.1. The molecule has 1 aliphatic rings. The van der Waals surface area contributed by atoms with Gasteiger partial charge >= 0.3 is 73.3 Å². The topological polar surface area (TPSA) is 44.8 Å². The first-order chi connectivity index (χ1) is 8.80. The van der Waals surface area contributed by atoms with E-state index in [-0.39, 0.29) is 6.29 Å². The first-order valence-corrected chi connectivity index (χ1v) is 6.30. The number of allylic oxidation sites excluding steroid dienone is 1. The zero-order valence-electron chi connectivity index (χ0n) is 11.5. The molecule has 0 amide bonds. The van der Waals surface area contributed by atoms with Gasteiger partial charge in [0.15, 0.2) is 5.97 Å². The third-order valence-electron chi connectivity index (χ3n) is 1.75. The number of rotatable bonds is 3. The van der Waals surface area contributed by atoms with Gasteiger partial charge in [-0.15, -0.1) is 0 Å². The molecule has 1 fully saturated rings. The van der Waals surface area contributed by atoms with Crippen LogP contribution in [0.3, 0.4) is 0 Å². The fourth-order valence-electron chi connectivity index (χ4n) is 1.17. The smallest absolute Gasteiger partial charge is 0.165 e. The van der Waals surface area contributed by atoms with E-state index in [1.807, 2.05) is 0 Å². The monoisotopic (exact) mass is 310 g/mol. The van der Waals surface area contributed by atoms with Crippen molar-refractivity contribution in [3.8, 4) is 0 Å². The van der Waals surface area contributed by atoms with Crippen molar-refractivity contribution in [3.63, 3.8) is 0 Å². The summed E-state index contributed by atoms with van der Waals surface area (Å²) < 4.78 is 15.1. The van der Waals surface area contributed by atoms with Crippen LogP contribution in [0.5, 0.6) is 0 Å². The van der Waals surface area contributed by atoms with Gasteiger partial charge < -0.3 is 4.74 Å². The molecule has 0 bridgehead atoms. The number of hydrogen-bond donors (Lipinski definition) is 0. The molecule has 0 radical (unpaired) electrons. The van der Waals surface area contributed by atoms with Crippen molar-refractivity contribution in [2.24, 2.45) is 0 Å². The standard InChI is InChI=1S/C8H9O2.C6H11O2.Ni/c1-3-7(4-2)8-9-5-6-10-8;1-5(7)8-6(2,3)4;/h1-4,8H,5-6H2;1H2,2-4H3;/q2*-1;/b7-3+;;. The molecule has 1 heterocycles. The fourth-order valence-corrected chi connectivity index (χ4v) is 1.36. The van der Waals surface area contributed by atoms with Gasteiger partial charge in [0.1, 0.15) is 5.60 Å². The van der Waals surface area contributed by atoms with Crippen molar-refractivity contribution >= 4 is 11.0 Å². The Morgan fingerprint density at radius 3 is 2.21 bits per heavy atom. The normalized spacial score (nSPS) is 16.4. The molecule has 0 aliphatic carbocycles. The Hall–Kier alpha value is -0.896. The molecule has 1 rings (SSSR count). The van der Waals surface area contributed by atoms with Crippen molar-refractivity contribution in [1.29, 1.82) is 0 Å². The van der Waals surface area contributed by atoms with Crippen LogP contribution in [-0.2, 0) is 34.0 Å². The SMILES string of the molecule is [CH-]=C/C(=C\[CH]=[Ni])C1OCCO1.[CH2-]C(=O)OC(C)(C)C. The van der Waals surface area contributed by atoms with Crippen LogP contribution >= 0.6 is 0 Å². The van der Waals surface area contributed by atoms with Gasteiger partial charge in [-0.3, -0.25) is 11.7 Å². The van der Waals surface area contributed by atoms with Crippen LogP contribution in [0.1, 0.15) is 20.8 Å². The van der Waals surface area contributed by atoms with Crippen LogP contribution in [-0.4, -0.2) is 36.1 Å². The molecule has 0 aromatic rings. The van der Waals surface area contributed by atoms with Crippen molar-refractivity contribution < 1.29 is 34.0 Å². The maximum absolute atomic E-state index is 10.1. The first-order valence-electron chi connectivity index (χ1n) is 5.73. The summed E-state index contributed by atoms with van der Waals surface area (Å²) in [6.07, 6.45) is 2.85. The Bertz CT molecular complexity index is 336. The predicted molar refractivity (Wildman–Crippen MR) is 69.9 cm³/mol. The Morgan fingerprint density at radius 1 is 1.42 bits per heavy atom. The molecule has 0 aromatic heterocycles. The van der Waals surface area contributed by atoms with E-state index in [2.05, 4.69) is 26.7 Å². The Balaban J connectivity index is 0.000000362. The summed E-state index contributed by atoms with van der Waals surface area (Å²) in [6.45, 7) is 15.0. The number of hydrogen-bond acceptors (Lipinski definition) is 4. The summed E-state index contributed by atoms with van der Waals surface area (Å²) in [5, 5.41) is 0. The summed E-state index contributed by atoms with van der Waals surface area (Å²) in [4.78, 5) is 11.7. The number of carbonyl (C=O) groups is 1. The number of carbonyl (C=O) groups excluding carboxylic acids is 1. The second-order valence-corrected chi connectivity index (χ2v) is 4.93. The van der Waals surface area contributed by atoms with Gasteiger partial charge in [0.25, 0.3) is 0 Å². The molecule has 4 nitrogen and oxygen atoms in total. The molecule has 5 heteroatoms. The van der Waals surface area contributed by atoms with Gasteiger partial charge in [0.05, 0.1) is 0 Å². The summed E-state index contributed by atoms with van der Waals surface area (Å²) in [7, 11) is 0. The zero-order valence-corrected chi connectivity index (χ0v) is 12.4. The molecule has 0 unspecified atom stereocenters. The van der Waals surface area contributed by atoms with Gasteiger partial charge in [-0.2, -0.15) is 0 Å². The van der Waals surface area contributed by atoms with E-state index in [1.165, 1.54) is 11.1 Å². The Kier molecular flexibility index (Phi) is 8.65. The minimum absolute atomic E-state index is 0.314. The summed E-state index contributed by atoms with van der Waals surface area (Å²) >= 11 is 4.37. The third-order valence-corrected chi connectivity index (χ3v) is 1.92. The molecule has 0 saturated carbocycles. The molecule has 1 saturated heterocycles. The molecule has 0 spiro atoms. The second-order valence-electron chi connectivity index (χ2n) is 4.60. The molecule has 0 aromatic carbocycles. The molecular formula is C14H20NiO4-2. The van der Waals surface area contributed by atoms with Gasteiger partial charge in [-0.05, 0) is 20.8 Å². The molecule has 0 N–H and O–H groups in total. The quantitative estimate of drug-likeness (QED) is 0.345. The maximum Gasteiger partial charge on any atom is 0.165 e. The largest absolute Gasteiger partial charge is 0.483 e. The summed E-state index contributed by atoms with van der Waals surface area (Å²) in [6, 6.07) is 0. The Morgan fingerprint density at radius 2 is 1.95 bits per heavy atom. The molecule has 1 aliphatic heterocycles. The molecule has 0 atom stereocenters. The van der Waals surface area contributed by atoms with Gasteiger partial charge in [-0.25, -0.2) is 0 Å². The van der Waals surface area contributed by atoms with Crippen LogP contribution in [0.25, 0.3) is 0 Å². The molecular weight excluding hydrogens is 291 g/mol. The second kappa shape index (κ2) is 9.08. The van der Waals surface area contributed by atoms with Crippen LogP contribution in [0, 0.1) is 13.5 Å². The minimum atomic E-state index is -0.475. The number of esters is 1. The summed E-state index contributed by atoms with van der Waals surface area (Å²) in [5.41, 5.74) is 0.396. The average molecular weight is 311 g/mol. The van der Waals surface area contributed by atoms with Crippen molar-refractivity contribution in [2.45, 2.75) is 32.7 Å². The van der Waals surface area contributed by atoms with Crippen LogP contribution in [0.15, 0.2) is 17.7 Å². The zero-order chi connectivity index (χ0) is 14.9. The Labute approximate surface area is 122 Å². The van der Waals surface area contributed by atoms with E-state index < -0.39 is 11.6 Å². The van der Waals surface area contributed by atoms with E-state index in [4.69, 9.17) is 16.1 Å². The minimum Gasteiger partial charge on any atom is -0.483 e. The molecule has 112 valence electrons. The van der Waals surface area contributed by atoms with Crippen LogP contribution in [0.4, 0.5) is 0 Å². The van der Waals surface area contributed by atoms with Gasteiger partial charge in [0.2, 0.25) is 0 Å².